The second kappa shape index (κ2) is 10.0. The van der Waals surface area contributed by atoms with E-state index in [9.17, 15) is 13.2 Å². The van der Waals surface area contributed by atoms with E-state index >= 15 is 0 Å². The molecule has 1 amide bonds. The molecule has 1 aromatic carbocycles. The Balaban J connectivity index is 1.37. The lowest BCUT2D eigenvalue weighted by Crippen LogP contribution is -2.39. The molecule has 0 N–H and O–H groups in total. The van der Waals surface area contributed by atoms with Gasteiger partial charge < -0.3 is 14.4 Å². The molecule has 3 rings (SSSR count). The fourth-order valence-electron chi connectivity index (χ4n) is 4.12. The van der Waals surface area contributed by atoms with Gasteiger partial charge in [-0.25, -0.2) is 13.2 Å². The Morgan fingerprint density at radius 3 is 2.57 bits per heavy atom. The Labute approximate surface area is 180 Å². The van der Waals surface area contributed by atoms with Gasteiger partial charge in [0.25, 0.3) is 0 Å². The lowest BCUT2D eigenvalue weighted by Gasteiger charge is -2.31. The van der Waals surface area contributed by atoms with Crippen LogP contribution in [0.15, 0.2) is 18.2 Å². The minimum absolute atomic E-state index is 0.0745. The minimum atomic E-state index is -3.15. The van der Waals surface area contributed by atoms with Crippen LogP contribution in [0.1, 0.15) is 50.7 Å². The van der Waals surface area contributed by atoms with Crippen molar-refractivity contribution in [1.82, 2.24) is 9.21 Å². The summed E-state index contributed by atoms with van der Waals surface area (Å²) in [5.74, 6) is 1.48. The van der Waals surface area contributed by atoms with Gasteiger partial charge in [0.2, 0.25) is 10.0 Å². The maximum atomic E-state index is 12.0. The Hall–Kier alpha value is -1.80. The molecule has 0 aliphatic carbocycles. The first-order valence-electron chi connectivity index (χ1n) is 10.9. The Kier molecular flexibility index (Phi) is 7.63. The van der Waals surface area contributed by atoms with Crippen molar-refractivity contribution in [2.45, 2.75) is 58.6 Å². The SMILES string of the molecule is CC(C)OC(=O)N1CCC(CCCOc2ccc3c(c2)CCN(S(C)(=O)=O)C3)CC1. The first-order chi connectivity index (χ1) is 14.2. The van der Waals surface area contributed by atoms with Gasteiger partial charge in [-0.1, -0.05) is 6.07 Å². The molecule has 1 saturated heterocycles. The van der Waals surface area contributed by atoms with Crippen LogP contribution in [-0.2, 0) is 27.7 Å². The van der Waals surface area contributed by atoms with E-state index in [1.54, 1.807) is 0 Å². The summed E-state index contributed by atoms with van der Waals surface area (Å²) in [5, 5.41) is 0. The van der Waals surface area contributed by atoms with Crippen LogP contribution in [0.25, 0.3) is 0 Å². The van der Waals surface area contributed by atoms with Crippen molar-refractivity contribution in [3.63, 3.8) is 0 Å². The van der Waals surface area contributed by atoms with Crippen molar-refractivity contribution in [3.8, 4) is 5.75 Å². The second-order valence-corrected chi connectivity index (χ2v) is 10.6. The van der Waals surface area contributed by atoms with Crippen molar-refractivity contribution in [2.24, 2.45) is 5.92 Å². The average molecular weight is 439 g/mol. The molecule has 1 aromatic rings. The van der Waals surface area contributed by atoms with E-state index in [1.165, 1.54) is 16.1 Å². The zero-order valence-electron chi connectivity index (χ0n) is 18.3. The molecule has 0 unspecified atom stereocenters. The van der Waals surface area contributed by atoms with Crippen LogP contribution >= 0.6 is 0 Å². The zero-order valence-corrected chi connectivity index (χ0v) is 19.1. The standard InChI is InChI=1S/C22H34N2O5S/c1-17(2)29-22(25)23-11-8-18(9-12-23)5-4-14-28-21-7-6-20-16-24(30(3,26)27)13-10-19(20)15-21/h6-7,15,17-18H,4-5,8-14,16H2,1-3H3. The van der Waals surface area contributed by atoms with E-state index in [0.717, 1.165) is 56.5 Å². The maximum Gasteiger partial charge on any atom is 0.410 e. The van der Waals surface area contributed by atoms with Crippen molar-refractivity contribution < 1.29 is 22.7 Å². The summed E-state index contributed by atoms with van der Waals surface area (Å²) < 4.78 is 36.2. The lowest BCUT2D eigenvalue weighted by atomic mass is 9.92. The van der Waals surface area contributed by atoms with Gasteiger partial charge >= 0.3 is 6.09 Å². The number of benzene rings is 1. The molecule has 0 saturated carbocycles. The number of likely N-dealkylation sites (tertiary alicyclic amines) is 1. The third kappa shape index (κ3) is 6.35. The molecule has 8 heteroatoms. The van der Waals surface area contributed by atoms with Crippen molar-refractivity contribution >= 4 is 16.1 Å². The number of rotatable bonds is 7. The molecule has 30 heavy (non-hydrogen) atoms. The van der Waals surface area contributed by atoms with Crippen LogP contribution < -0.4 is 4.74 Å². The third-order valence-electron chi connectivity index (χ3n) is 5.86. The van der Waals surface area contributed by atoms with E-state index in [2.05, 4.69) is 0 Å². The van der Waals surface area contributed by atoms with Gasteiger partial charge in [-0.15, -0.1) is 0 Å². The monoisotopic (exact) mass is 438 g/mol. The fourth-order valence-corrected chi connectivity index (χ4v) is 4.92. The van der Waals surface area contributed by atoms with Crippen LogP contribution in [0, 0.1) is 5.92 Å². The van der Waals surface area contributed by atoms with Crippen LogP contribution in [0.2, 0.25) is 0 Å². The highest BCUT2D eigenvalue weighted by molar-refractivity contribution is 7.88. The summed E-state index contributed by atoms with van der Waals surface area (Å²) >= 11 is 0. The third-order valence-corrected chi connectivity index (χ3v) is 7.11. The quantitative estimate of drug-likeness (QED) is 0.610. The topological polar surface area (TPSA) is 76.2 Å². The number of sulfonamides is 1. The molecule has 1 fully saturated rings. The first-order valence-corrected chi connectivity index (χ1v) is 12.7. The number of amides is 1. The van der Waals surface area contributed by atoms with Crippen molar-refractivity contribution in [1.29, 1.82) is 0 Å². The lowest BCUT2D eigenvalue weighted by molar-refractivity contribution is 0.0643. The molecular formula is C22H34N2O5S. The largest absolute Gasteiger partial charge is 0.494 e. The van der Waals surface area contributed by atoms with Crippen LogP contribution in [0.5, 0.6) is 5.75 Å². The molecule has 0 spiro atoms. The number of piperidine rings is 1. The Morgan fingerprint density at radius 2 is 1.90 bits per heavy atom. The summed E-state index contributed by atoms with van der Waals surface area (Å²) in [4.78, 5) is 13.8. The van der Waals surface area contributed by atoms with Gasteiger partial charge in [-0.2, -0.15) is 4.31 Å². The van der Waals surface area contributed by atoms with Gasteiger partial charge in [0.15, 0.2) is 0 Å². The molecule has 168 valence electrons. The molecule has 0 bridgehead atoms. The number of hydrogen-bond donors (Lipinski definition) is 0. The van der Waals surface area contributed by atoms with Crippen LogP contribution in [0.3, 0.4) is 0 Å². The highest BCUT2D eigenvalue weighted by Gasteiger charge is 2.25. The van der Waals surface area contributed by atoms with Crippen molar-refractivity contribution in [2.75, 3.05) is 32.5 Å². The Morgan fingerprint density at radius 1 is 1.17 bits per heavy atom. The maximum absolute atomic E-state index is 12.0. The van der Waals surface area contributed by atoms with Crippen molar-refractivity contribution in [3.05, 3.63) is 29.3 Å². The first kappa shape index (κ1) is 22.9. The number of nitrogens with zero attached hydrogens (tertiary/aromatic N) is 2. The van der Waals surface area contributed by atoms with Gasteiger partial charge in [-0.05, 0) is 75.1 Å². The summed E-state index contributed by atoms with van der Waals surface area (Å²) in [6.45, 7) is 6.92. The van der Waals surface area contributed by atoms with Gasteiger partial charge in [-0.3, -0.25) is 0 Å². The van der Waals surface area contributed by atoms with E-state index < -0.39 is 10.0 Å². The molecule has 0 aromatic heterocycles. The van der Waals surface area contributed by atoms with E-state index in [0.29, 0.717) is 25.6 Å². The predicted octanol–water partition coefficient (Wildman–Crippen LogP) is 3.42. The average Bonchev–Trinajstić information content (AvgIpc) is 2.70. The number of fused-ring (bicyclic) bond motifs is 1. The second-order valence-electron chi connectivity index (χ2n) is 8.63. The highest BCUT2D eigenvalue weighted by atomic mass is 32.2. The highest BCUT2D eigenvalue weighted by Crippen LogP contribution is 2.26. The molecule has 2 heterocycles. The van der Waals surface area contributed by atoms with E-state index in [1.807, 2.05) is 36.9 Å². The number of carbonyl (C=O) groups is 1. The van der Waals surface area contributed by atoms with Crippen LogP contribution in [-0.4, -0.2) is 62.3 Å². The fraction of sp³-hybridized carbons (Fsp3) is 0.682. The predicted molar refractivity (Wildman–Crippen MR) is 116 cm³/mol. The van der Waals surface area contributed by atoms with Gasteiger partial charge in [0.1, 0.15) is 5.75 Å². The Bertz CT molecular complexity index is 832. The summed E-state index contributed by atoms with van der Waals surface area (Å²) in [7, 11) is -3.15. The zero-order chi connectivity index (χ0) is 21.7. The molecule has 0 radical (unpaired) electrons. The molecular weight excluding hydrogens is 404 g/mol. The summed E-state index contributed by atoms with van der Waals surface area (Å²) in [5.41, 5.74) is 2.23. The van der Waals surface area contributed by atoms with Gasteiger partial charge in [0, 0.05) is 26.2 Å². The van der Waals surface area contributed by atoms with E-state index in [-0.39, 0.29) is 12.2 Å². The van der Waals surface area contributed by atoms with E-state index in [4.69, 9.17) is 9.47 Å². The smallest absolute Gasteiger partial charge is 0.410 e. The molecule has 0 atom stereocenters. The molecule has 7 nitrogen and oxygen atoms in total. The van der Waals surface area contributed by atoms with Crippen LogP contribution in [0.4, 0.5) is 4.79 Å². The summed E-state index contributed by atoms with van der Waals surface area (Å²) in [6.07, 6.45) is 5.83. The normalized spacial score (nSPS) is 18.3. The number of hydrogen-bond acceptors (Lipinski definition) is 5. The molecule has 2 aliphatic rings. The number of ether oxygens (including phenoxy) is 2. The minimum Gasteiger partial charge on any atom is -0.494 e. The molecule has 2 aliphatic heterocycles. The number of carbonyl (C=O) groups excluding carboxylic acids is 1. The summed E-state index contributed by atoms with van der Waals surface area (Å²) in [6, 6.07) is 5.96. The van der Waals surface area contributed by atoms with Gasteiger partial charge in [0.05, 0.1) is 19.0 Å².